The van der Waals surface area contributed by atoms with Gasteiger partial charge >= 0.3 is 0 Å². The van der Waals surface area contributed by atoms with Crippen molar-refractivity contribution in [3.63, 3.8) is 0 Å². The van der Waals surface area contributed by atoms with E-state index in [1.54, 1.807) is 13.3 Å². The van der Waals surface area contributed by atoms with Gasteiger partial charge in [-0.2, -0.15) is 0 Å². The van der Waals surface area contributed by atoms with Gasteiger partial charge in [0.15, 0.2) is 0 Å². The second kappa shape index (κ2) is 3.87. The van der Waals surface area contributed by atoms with E-state index in [4.69, 9.17) is 5.73 Å². The van der Waals surface area contributed by atoms with Gasteiger partial charge in [-0.3, -0.25) is 14.9 Å². The summed E-state index contributed by atoms with van der Waals surface area (Å²) in [6, 6.07) is 4.14. The van der Waals surface area contributed by atoms with Crippen LogP contribution >= 0.6 is 0 Å². The monoisotopic (exact) mass is 193 g/mol. The van der Waals surface area contributed by atoms with Crippen LogP contribution in [0.15, 0.2) is 18.2 Å². The van der Waals surface area contributed by atoms with Crippen molar-refractivity contribution >= 4 is 11.6 Å². The minimum absolute atomic E-state index is 0.108. The molecule has 1 aromatic rings. The summed E-state index contributed by atoms with van der Waals surface area (Å²) in [6.07, 6.45) is 1.60. The first-order valence-electron chi connectivity index (χ1n) is 3.94. The lowest BCUT2D eigenvalue weighted by Gasteiger charge is -2.00. The van der Waals surface area contributed by atoms with E-state index in [0.717, 1.165) is 0 Å². The van der Waals surface area contributed by atoms with Gasteiger partial charge in [-0.25, -0.2) is 0 Å². The zero-order chi connectivity index (χ0) is 10.7. The largest absolute Gasteiger partial charge is 0.366 e. The van der Waals surface area contributed by atoms with Gasteiger partial charge in [0.2, 0.25) is 5.91 Å². The van der Waals surface area contributed by atoms with Gasteiger partial charge < -0.3 is 5.73 Å². The lowest BCUT2D eigenvalue weighted by atomic mass is 10.1. The molecule has 73 valence electrons. The number of nitrogens with zero attached hydrogens (tertiary/aromatic N) is 1. The van der Waals surface area contributed by atoms with Gasteiger partial charge in [0.05, 0.1) is 4.92 Å². The number of nitrogens with two attached hydrogens (primary N) is 1. The van der Waals surface area contributed by atoms with E-state index in [1.165, 1.54) is 18.2 Å². The fourth-order valence-electron chi connectivity index (χ4n) is 1.10. The summed E-state index contributed by atoms with van der Waals surface area (Å²) in [5.41, 5.74) is 5.51. The summed E-state index contributed by atoms with van der Waals surface area (Å²) in [7, 11) is 0. The lowest BCUT2D eigenvalue weighted by Crippen LogP contribution is -2.11. The third-order valence-electron chi connectivity index (χ3n) is 1.82. The summed E-state index contributed by atoms with van der Waals surface area (Å²) in [4.78, 5) is 20.8. The summed E-state index contributed by atoms with van der Waals surface area (Å²) in [6.45, 7) is 1.69. The average Bonchev–Trinajstić information content (AvgIpc) is 2.16. The van der Waals surface area contributed by atoms with Crippen molar-refractivity contribution in [3.05, 3.63) is 45.9 Å². The lowest BCUT2D eigenvalue weighted by molar-refractivity contribution is -0.385. The zero-order valence-corrected chi connectivity index (χ0v) is 7.56. The number of primary amides is 1. The molecular weight excluding hydrogens is 184 g/mol. The molecule has 5 heteroatoms. The summed E-state index contributed by atoms with van der Waals surface area (Å²) < 4.78 is 0. The van der Waals surface area contributed by atoms with Crippen molar-refractivity contribution in [1.29, 1.82) is 0 Å². The fourth-order valence-corrected chi connectivity index (χ4v) is 1.10. The maximum Gasteiger partial charge on any atom is 0.273 e. The van der Waals surface area contributed by atoms with Gasteiger partial charge in [-0.05, 0) is 12.5 Å². The molecule has 0 aliphatic carbocycles. The molecule has 1 radical (unpaired) electrons. The van der Waals surface area contributed by atoms with Crippen LogP contribution in [0.2, 0.25) is 0 Å². The molecule has 0 heterocycles. The molecule has 1 amide bonds. The first-order chi connectivity index (χ1) is 6.56. The Morgan fingerprint density at radius 1 is 1.57 bits per heavy atom. The van der Waals surface area contributed by atoms with Crippen molar-refractivity contribution in [3.8, 4) is 0 Å². The number of hydrogen-bond acceptors (Lipinski definition) is 3. The zero-order valence-electron chi connectivity index (χ0n) is 7.56. The Morgan fingerprint density at radius 3 is 2.64 bits per heavy atom. The molecule has 0 saturated carbocycles. The SMILES string of the molecule is C[CH]c1ccc(C(N)=O)cc1[N+](=O)[O-]. The maximum absolute atomic E-state index is 10.8. The summed E-state index contributed by atoms with van der Waals surface area (Å²) in [5, 5.41) is 10.6. The molecule has 5 nitrogen and oxygen atoms in total. The van der Waals surface area contributed by atoms with E-state index >= 15 is 0 Å². The number of nitro benzene ring substituents is 1. The molecule has 0 unspecified atom stereocenters. The molecule has 0 aromatic heterocycles. The molecule has 0 fully saturated rings. The maximum atomic E-state index is 10.8. The Hall–Kier alpha value is -1.91. The number of hydrogen-bond donors (Lipinski definition) is 1. The topological polar surface area (TPSA) is 86.2 Å². The first kappa shape index (κ1) is 10.2. The molecule has 2 N–H and O–H groups in total. The van der Waals surface area contributed by atoms with Crippen LogP contribution in [-0.2, 0) is 0 Å². The predicted molar refractivity (Wildman–Crippen MR) is 50.7 cm³/mol. The Balaban J connectivity index is 3.27. The van der Waals surface area contributed by atoms with Crippen molar-refractivity contribution in [1.82, 2.24) is 0 Å². The molecule has 0 atom stereocenters. The molecule has 1 aromatic carbocycles. The van der Waals surface area contributed by atoms with Crippen LogP contribution in [0.5, 0.6) is 0 Å². The quantitative estimate of drug-likeness (QED) is 0.579. The van der Waals surface area contributed by atoms with Crippen molar-refractivity contribution in [2.75, 3.05) is 0 Å². The minimum Gasteiger partial charge on any atom is -0.366 e. The number of benzene rings is 1. The number of amides is 1. The highest BCUT2D eigenvalue weighted by Gasteiger charge is 2.14. The normalized spacial score (nSPS) is 9.79. The number of rotatable bonds is 3. The van der Waals surface area contributed by atoms with Crippen LogP contribution < -0.4 is 5.73 Å². The van der Waals surface area contributed by atoms with E-state index in [2.05, 4.69) is 0 Å². The van der Waals surface area contributed by atoms with E-state index in [9.17, 15) is 14.9 Å². The van der Waals surface area contributed by atoms with Gasteiger partial charge in [0.25, 0.3) is 5.69 Å². The van der Waals surface area contributed by atoms with Crippen molar-refractivity contribution < 1.29 is 9.72 Å². The third kappa shape index (κ3) is 1.87. The van der Waals surface area contributed by atoms with Crippen molar-refractivity contribution in [2.24, 2.45) is 5.73 Å². The van der Waals surface area contributed by atoms with E-state index in [-0.39, 0.29) is 11.3 Å². The van der Waals surface area contributed by atoms with Crippen LogP contribution in [0, 0.1) is 16.5 Å². The Labute approximate surface area is 80.7 Å². The molecule has 0 aliphatic rings. The minimum atomic E-state index is -0.671. The summed E-state index contributed by atoms with van der Waals surface area (Å²) >= 11 is 0. The van der Waals surface area contributed by atoms with Gasteiger partial charge in [0.1, 0.15) is 0 Å². The second-order valence-corrected chi connectivity index (χ2v) is 2.68. The molecule has 0 spiro atoms. The standard InChI is InChI=1S/C9H9N2O3/c1-2-6-3-4-7(9(10)12)5-8(6)11(13)14/h2-5H,1H3,(H2,10,12). The second-order valence-electron chi connectivity index (χ2n) is 2.68. The molecule has 0 aliphatic heterocycles. The highest BCUT2D eigenvalue weighted by molar-refractivity contribution is 5.93. The molecule has 0 saturated heterocycles. The van der Waals surface area contributed by atoms with E-state index in [1.807, 2.05) is 0 Å². The summed E-state index contributed by atoms with van der Waals surface area (Å²) in [5.74, 6) is -0.671. The van der Waals surface area contributed by atoms with Gasteiger partial charge in [-0.15, -0.1) is 0 Å². The Morgan fingerprint density at radius 2 is 2.21 bits per heavy atom. The van der Waals surface area contributed by atoms with Crippen LogP contribution in [0.4, 0.5) is 5.69 Å². The number of nitro groups is 1. The highest BCUT2D eigenvalue weighted by Crippen LogP contribution is 2.21. The molecule has 0 bridgehead atoms. The highest BCUT2D eigenvalue weighted by atomic mass is 16.6. The van der Waals surface area contributed by atoms with Crippen LogP contribution in [0.1, 0.15) is 22.8 Å². The smallest absolute Gasteiger partial charge is 0.273 e. The average molecular weight is 193 g/mol. The van der Waals surface area contributed by atoms with Gasteiger partial charge in [0, 0.05) is 17.2 Å². The fraction of sp³-hybridized carbons (Fsp3) is 0.111. The van der Waals surface area contributed by atoms with Crippen LogP contribution in [0.25, 0.3) is 0 Å². The predicted octanol–water partition coefficient (Wildman–Crippen LogP) is 1.27. The van der Waals surface area contributed by atoms with E-state index in [0.29, 0.717) is 5.56 Å². The molecule has 14 heavy (non-hydrogen) atoms. The van der Waals surface area contributed by atoms with Crippen LogP contribution in [0.3, 0.4) is 0 Å². The molecular formula is C9H9N2O3. The number of carbonyl (C=O) groups is 1. The number of carbonyl (C=O) groups excluding carboxylic acids is 1. The van der Waals surface area contributed by atoms with E-state index < -0.39 is 10.8 Å². The molecule has 1 rings (SSSR count). The third-order valence-corrected chi connectivity index (χ3v) is 1.82. The van der Waals surface area contributed by atoms with Gasteiger partial charge in [-0.1, -0.05) is 13.0 Å². The Kier molecular flexibility index (Phi) is 2.81. The van der Waals surface area contributed by atoms with Crippen LogP contribution in [-0.4, -0.2) is 10.8 Å². The first-order valence-corrected chi connectivity index (χ1v) is 3.94. The van der Waals surface area contributed by atoms with Crippen molar-refractivity contribution in [2.45, 2.75) is 6.92 Å². The Bertz CT molecular complexity index is 388.